The van der Waals surface area contributed by atoms with Crippen LogP contribution in [0.4, 0.5) is 0 Å². The lowest BCUT2D eigenvalue weighted by atomic mass is 9.92. The molecule has 174 valence electrons. The van der Waals surface area contributed by atoms with Crippen molar-refractivity contribution < 1.29 is 17.7 Å². The van der Waals surface area contributed by atoms with Gasteiger partial charge in [0.2, 0.25) is 27.6 Å². The Morgan fingerprint density at radius 3 is 2.59 bits per heavy atom. The molecule has 2 fully saturated rings. The van der Waals surface area contributed by atoms with Crippen LogP contribution in [0.2, 0.25) is 5.02 Å². The van der Waals surface area contributed by atoms with Gasteiger partial charge in [0.15, 0.2) is 0 Å². The average molecular weight is 481 g/mol. The van der Waals surface area contributed by atoms with Crippen molar-refractivity contribution in [2.45, 2.75) is 63.3 Å². The van der Waals surface area contributed by atoms with Crippen LogP contribution in [-0.4, -0.2) is 59.3 Å². The third-order valence-corrected chi connectivity index (χ3v) is 8.90. The van der Waals surface area contributed by atoms with E-state index in [0.29, 0.717) is 49.3 Å². The van der Waals surface area contributed by atoms with Crippen LogP contribution >= 0.6 is 11.6 Å². The highest BCUT2D eigenvalue weighted by atomic mass is 35.5. The van der Waals surface area contributed by atoms with Crippen molar-refractivity contribution in [2.75, 3.05) is 19.6 Å². The molecule has 32 heavy (non-hydrogen) atoms. The van der Waals surface area contributed by atoms with E-state index >= 15 is 0 Å². The normalized spacial score (nSPS) is 21.1. The highest BCUT2D eigenvalue weighted by Gasteiger charge is 2.36. The minimum absolute atomic E-state index is 0.0194. The molecule has 0 radical (unpaired) electrons. The summed E-state index contributed by atoms with van der Waals surface area (Å²) in [6.45, 7) is 5.20. The molecular formula is C22H29ClN4O4S. The molecular weight excluding hydrogens is 452 g/mol. The summed E-state index contributed by atoms with van der Waals surface area (Å²) in [5, 5.41) is 4.00. The fourth-order valence-electron chi connectivity index (χ4n) is 4.69. The van der Waals surface area contributed by atoms with Crippen LogP contribution < -0.4 is 0 Å². The van der Waals surface area contributed by atoms with Gasteiger partial charge in [-0.05, 0) is 56.7 Å². The maximum atomic E-state index is 13.4. The Kier molecular flexibility index (Phi) is 6.88. The zero-order valence-electron chi connectivity index (χ0n) is 18.5. The van der Waals surface area contributed by atoms with Gasteiger partial charge in [-0.15, -0.1) is 0 Å². The molecule has 2 aliphatic rings. The van der Waals surface area contributed by atoms with Crippen LogP contribution in [0.5, 0.6) is 0 Å². The number of rotatable bonds is 5. The number of halogens is 1. The summed E-state index contributed by atoms with van der Waals surface area (Å²) in [4.78, 5) is 19.3. The van der Waals surface area contributed by atoms with Crippen LogP contribution in [0.25, 0.3) is 11.4 Å². The molecule has 1 aromatic heterocycles. The number of carbonyl (C=O) groups excluding carboxylic acids is 1. The lowest BCUT2D eigenvalue weighted by Crippen LogP contribution is -2.49. The third kappa shape index (κ3) is 4.56. The maximum Gasteiger partial charge on any atom is 0.244 e. The summed E-state index contributed by atoms with van der Waals surface area (Å²) >= 11 is 6.27. The molecule has 8 nitrogen and oxygen atoms in total. The minimum Gasteiger partial charge on any atom is -0.339 e. The van der Waals surface area contributed by atoms with Crippen molar-refractivity contribution in [3.8, 4) is 11.4 Å². The fraction of sp³-hybridized carbons (Fsp3) is 0.591. The summed E-state index contributed by atoms with van der Waals surface area (Å²) in [5.74, 6) is 0.760. The molecule has 2 aliphatic heterocycles. The van der Waals surface area contributed by atoms with Gasteiger partial charge in [0.25, 0.3) is 0 Å². The van der Waals surface area contributed by atoms with Crippen molar-refractivity contribution >= 4 is 27.5 Å². The number of carbonyl (C=O) groups is 1. The molecule has 4 rings (SSSR count). The molecule has 0 aliphatic carbocycles. The number of hydrogen-bond acceptors (Lipinski definition) is 6. The number of sulfonamides is 1. The van der Waals surface area contributed by atoms with E-state index in [1.807, 2.05) is 4.90 Å². The van der Waals surface area contributed by atoms with E-state index in [0.717, 1.165) is 25.8 Å². The van der Waals surface area contributed by atoms with Crippen molar-refractivity contribution in [2.24, 2.45) is 5.92 Å². The number of amides is 1. The second kappa shape index (κ2) is 9.49. The molecule has 0 bridgehead atoms. The van der Waals surface area contributed by atoms with Gasteiger partial charge in [0.1, 0.15) is 4.90 Å². The van der Waals surface area contributed by atoms with E-state index in [-0.39, 0.29) is 21.7 Å². The molecule has 1 amide bonds. The first-order valence-electron chi connectivity index (χ1n) is 11.2. The topological polar surface area (TPSA) is 96.6 Å². The van der Waals surface area contributed by atoms with Crippen molar-refractivity contribution in [1.29, 1.82) is 0 Å². The number of hydrogen-bond donors (Lipinski definition) is 0. The molecule has 0 N–H and O–H groups in total. The van der Waals surface area contributed by atoms with Gasteiger partial charge in [-0.1, -0.05) is 23.7 Å². The van der Waals surface area contributed by atoms with Gasteiger partial charge in [-0.3, -0.25) is 4.79 Å². The summed E-state index contributed by atoms with van der Waals surface area (Å²) in [6.07, 6.45) is 5.28. The molecule has 0 saturated carbocycles. The Balaban J connectivity index is 1.48. The monoisotopic (exact) mass is 480 g/mol. The zero-order valence-corrected chi connectivity index (χ0v) is 20.0. The van der Waals surface area contributed by atoms with Crippen LogP contribution in [-0.2, 0) is 14.8 Å². The first kappa shape index (κ1) is 23.2. The van der Waals surface area contributed by atoms with E-state index in [1.165, 1.54) is 22.9 Å². The summed E-state index contributed by atoms with van der Waals surface area (Å²) in [7, 11) is -3.82. The molecule has 2 aromatic rings. The average Bonchev–Trinajstić information content (AvgIpc) is 3.25. The maximum absolute atomic E-state index is 13.4. The van der Waals surface area contributed by atoms with Gasteiger partial charge in [0.05, 0.1) is 5.02 Å². The molecule has 1 aromatic carbocycles. The summed E-state index contributed by atoms with van der Waals surface area (Å²) < 4.78 is 33.1. The second-order valence-electron chi connectivity index (χ2n) is 8.55. The first-order chi connectivity index (χ1) is 15.3. The number of piperidine rings is 2. The van der Waals surface area contributed by atoms with Crippen LogP contribution in [0.1, 0.15) is 51.3 Å². The molecule has 10 heteroatoms. The number of aryl methyl sites for hydroxylation is 1. The number of likely N-dealkylation sites (tertiary alicyclic amines) is 1. The quantitative estimate of drug-likeness (QED) is 0.644. The Morgan fingerprint density at radius 2 is 1.94 bits per heavy atom. The molecule has 3 heterocycles. The zero-order chi connectivity index (χ0) is 22.9. The van der Waals surface area contributed by atoms with Crippen molar-refractivity contribution in [3.05, 3.63) is 29.1 Å². The first-order valence-corrected chi connectivity index (χ1v) is 13.0. The Hall–Kier alpha value is -1.97. The Morgan fingerprint density at radius 1 is 1.19 bits per heavy atom. The molecule has 2 saturated heterocycles. The largest absolute Gasteiger partial charge is 0.339 e. The van der Waals surface area contributed by atoms with Crippen LogP contribution in [0.3, 0.4) is 0 Å². The van der Waals surface area contributed by atoms with Gasteiger partial charge < -0.3 is 9.42 Å². The predicted molar refractivity (Wildman–Crippen MR) is 121 cm³/mol. The predicted octanol–water partition coefficient (Wildman–Crippen LogP) is 3.89. The Bertz CT molecular complexity index is 1080. The van der Waals surface area contributed by atoms with E-state index < -0.39 is 10.0 Å². The van der Waals surface area contributed by atoms with E-state index in [2.05, 4.69) is 17.1 Å². The molecule has 0 spiro atoms. The SMILES string of the molecule is CC[C@H]1CCCCN1C(=O)C1CCN(S(=O)(=O)c2cc(-c3noc(C)n3)ccc2Cl)CC1. The summed E-state index contributed by atoms with van der Waals surface area (Å²) in [6, 6.07) is 5.00. The van der Waals surface area contributed by atoms with E-state index in [9.17, 15) is 13.2 Å². The lowest BCUT2D eigenvalue weighted by molar-refractivity contribution is -0.140. The highest BCUT2D eigenvalue weighted by Crippen LogP contribution is 2.32. The molecule has 1 atom stereocenters. The third-order valence-electron chi connectivity index (χ3n) is 6.52. The number of nitrogens with zero attached hydrogens (tertiary/aromatic N) is 4. The summed E-state index contributed by atoms with van der Waals surface area (Å²) in [5.41, 5.74) is 0.519. The van der Waals surface area contributed by atoms with Gasteiger partial charge >= 0.3 is 0 Å². The van der Waals surface area contributed by atoms with E-state index in [4.69, 9.17) is 16.1 Å². The second-order valence-corrected chi connectivity index (χ2v) is 10.9. The lowest BCUT2D eigenvalue weighted by Gasteiger charge is -2.39. The van der Waals surface area contributed by atoms with Crippen molar-refractivity contribution in [3.63, 3.8) is 0 Å². The number of benzene rings is 1. The fourth-order valence-corrected chi connectivity index (χ4v) is 6.66. The van der Waals surface area contributed by atoms with Gasteiger partial charge in [-0.2, -0.15) is 9.29 Å². The minimum atomic E-state index is -3.82. The van der Waals surface area contributed by atoms with Crippen LogP contribution in [0.15, 0.2) is 27.6 Å². The van der Waals surface area contributed by atoms with Gasteiger partial charge in [0, 0.05) is 44.1 Å². The van der Waals surface area contributed by atoms with Gasteiger partial charge in [-0.25, -0.2) is 8.42 Å². The smallest absolute Gasteiger partial charge is 0.244 e. The standard InChI is InChI=1S/C22H29ClN4O4S/c1-3-18-6-4-5-11-27(18)22(28)16-9-12-26(13-10-16)32(29,30)20-14-17(7-8-19(20)23)21-24-15(2)31-25-21/h7-8,14,16,18H,3-6,9-13H2,1-2H3/t18-/m0/s1. The number of aromatic nitrogens is 2. The highest BCUT2D eigenvalue weighted by molar-refractivity contribution is 7.89. The van der Waals surface area contributed by atoms with E-state index in [1.54, 1.807) is 13.0 Å². The van der Waals surface area contributed by atoms with Crippen molar-refractivity contribution in [1.82, 2.24) is 19.3 Å². The van der Waals surface area contributed by atoms with Crippen LogP contribution in [0, 0.1) is 12.8 Å². The Labute approximate surface area is 194 Å². The molecule has 0 unspecified atom stereocenters.